The second-order valence-electron chi connectivity index (χ2n) is 3.66. The van der Waals surface area contributed by atoms with Gasteiger partial charge in [-0.1, -0.05) is 0 Å². The van der Waals surface area contributed by atoms with Crippen molar-refractivity contribution in [3.8, 4) is 5.75 Å². The van der Waals surface area contributed by atoms with Crippen LogP contribution in [0.4, 0.5) is 16.2 Å². The number of rotatable bonds is 4. The lowest BCUT2D eigenvalue weighted by Crippen LogP contribution is -2.34. The fourth-order valence-corrected chi connectivity index (χ4v) is 1.69. The van der Waals surface area contributed by atoms with Gasteiger partial charge in [0.2, 0.25) is 5.94 Å². The van der Waals surface area contributed by atoms with Crippen molar-refractivity contribution in [3.63, 3.8) is 0 Å². The first-order valence-corrected chi connectivity index (χ1v) is 7.54. The average molecular weight is 317 g/mol. The van der Waals surface area contributed by atoms with Gasteiger partial charge in [0.15, 0.2) is 5.11 Å². The molecule has 20 heavy (non-hydrogen) atoms. The highest BCUT2D eigenvalue weighted by Gasteiger charge is 2.07. The second-order valence-corrected chi connectivity index (χ2v) is 5.45. The maximum atomic E-state index is 11.0. The van der Waals surface area contributed by atoms with E-state index in [1.165, 1.54) is 13.4 Å². The van der Waals surface area contributed by atoms with Crippen LogP contribution in [0.1, 0.15) is 0 Å². The minimum Gasteiger partial charge on any atom is -0.614 e. The number of nitrogen functional groups attached to an aromatic ring is 1. The Bertz CT molecular complexity index is 497. The molecule has 7 nitrogen and oxygen atoms in total. The summed E-state index contributed by atoms with van der Waals surface area (Å²) in [4.78, 5) is 11.0. The predicted molar refractivity (Wildman–Crippen MR) is 82.2 cm³/mol. The smallest absolute Gasteiger partial charge is 0.413 e. The van der Waals surface area contributed by atoms with Crippen molar-refractivity contribution in [1.82, 2.24) is 5.32 Å². The highest BCUT2D eigenvalue weighted by atomic mass is 32.2. The van der Waals surface area contributed by atoms with E-state index in [0.29, 0.717) is 17.1 Å². The molecule has 1 amide bonds. The number of methoxy groups -OCH3 is 1. The number of nitrogens with one attached hydrogen (secondary N) is 2. The van der Waals surface area contributed by atoms with Crippen LogP contribution in [0.3, 0.4) is 0 Å². The van der Waals surface area contributed by atoms with Crippen LogP contribution in [0, 0.1) is 0 Å². The quantitative estimate of drug-likeness (QED) is 0.432. The minimum absolute atomic E-state index is 0.0619. The average Bonchev–Trinajstić information content (AvgIpc) is 2.38. The summed E-state index contributed by atoms with van der Waals surface area (Å²) in [6.07, 6.45) is 0.863. The molecule has 0 heterocycles. The molecule has 0 aliphatic heterocycles. The largest absolute Gasteiger partial charge is 0.614 e. The number of benzene rings is 1. The van der Waals surface area contributed by atoms with E-state index in [1.54, 1.807) is 18.2 Å². The van der Waals surface area contributed by atoms with Gasteiger partial charge in [0.05, 0.1) is 24.7 Å². The van der Waals surface area contributed by atoms with Gasteiger partial charge >= 0.3 is 6.09 Å². The Morgan fingerprint density at radius 1 is 1.55 bits per heavy atom. The number of nitrogens with two attached hydrogens (primary N) is 1. The van der Waals surface area contributed by atoms with Crippen LogP contribution in [0.15, 0.2) is 18.2 Å². The lowest BCUT2D eigenvalue weighted by Gasteiger charge is -2.12. The maximum absolute atomic E-state index is 11.0. The molecule has 1 rings (SSSR count). The minimum atomic E-state index is -1.06. The molecule has 9 heteroatoms. The number of anilines is 2. The van der Waals surface area contributed by atoms with Gasteiger partial charge in [-0.2, -0.15) is 0 Å². The molecule has 4 N–H and O–H groups in total. The molecule has 1 unspecified atom stereocenters. The van der Waals surface area contributed by atoms with Gasteiger partial charge in [0.25, 0.3) is 0 Å². The van der Waals surface area contributed by atoms with Crippen LogP contribution in [0.2, 0.25) is 0 Å². The van der Waals surface area contributed by atoms with Crippen molar-refractivity contribution in [2.75, 3.05) is 30.4 Å². The zero-order valence-electron chi connectivity index (χ0n) is 11.0. The van der Waals surface area contributed by atoms with Crippen LogP contribution in [0.5, 0.6) is 5.75 Å². The maximum Gasteiger partial charge on any atom is 0.413 e. The van der Waals surface area contributed by atoms with Crippen molar-refractivity contribution < 1.29 is 18.8 Å². The van der Waals surface area contributed by atoms with Gasteiger partial charge in [-0.3, -0.25) is 5.32 Å². The zero-order chi connectivity index (χ0) is 15.1. The molecule has 0 saturated heterocycles. The SMILES string of the molecule is COC(=O)NC(=S)Nc1ccc(OC[S+](C)[O-])cc1N. The lowest BCUT2D eigenvalue weighted by atomic mass is 10.2. The summed E-state index contributed by atoms with van der Waals surface area (Å²) in [6.45, 7) is 0. The van der Waals surface area contributed by atoms with Gasteiger partial charge in [-0.15, -0.1) is 0 Å². The summed E-state index contributed by atoms with van der Waals surface area (Å²) in [7, 11) is 1.23. The molecular formula is C11H15N3O4S2. The molecular weight excluding hydrogens is 302 g/mol. The first-order valence-electron chi connectivity index (χ1n) is 5.40. The van der Waals surface area contributed by atoms with Crippen LogP contribution in [-0.2, 0) is 15.9 Å². The number of amides is 1. The summed E-state index contributed by atoms with van der Waals surface area (Å²) in [6, 6.07) is 4.84. The molecule has 0 bridgehead atoms. The summed E-state index contributed by atoms with van der Waals surface area (Å²) >= 11 is 3.85. The summed E-state index contributed by atoms with van der Waals surface area (Å²) in [5.41, 5.74) is 6.70. The van der Waals surface area contributed by atoms with Crippen molar-refractivity contribution in [1.29, 1.82) is 0 Å². The van der Waals surface area contributed by atoms with Crippen LogP contribution < -0.4 is 21.1 Å². The monoisotopic (exact) mass is 317 g/mol. The van der Waals surface area contributed by atoms with Gasteiger partial charge in [-0.05, 0) is 35.5 Å². The normalized spacial score (nSPS) is 11.3. The molecule has 0 radical (unpaired) electrons. The molecule has 0 saturated carbocycles. The molecule has 1 atom stereocenters. The molecule has 0 aromatic heterocycles. The fraction of sp³-hybridized carbons (Fsp3) is 0.273. The number of thiocarbonyl (C=S) groups is 1. The van der Waals surface area contributed by atoms with Crippen LogP contribution in [0.25, 0.3) is 0 Å². The Morgan fingerprint density at radius 2 is 2.25 bits per heavy atom. The fourth-order valence-electron chi connectivity index (χ4n) is 1.19. The van der Waals surface area contributed by atoms with E-state index in [9.17, 15) is 9.35 Å². The number of carbonyl (C=O) groups is 1. The van der Waals surface area contributed by atoms with Crippen LogP contribution in [-0.4, -0.2) is 35.1 Å². The van der Waals surface area contributed by atoms with Crippen molar-refractivity contribution in [2.24, 2.45) is 0 Å². The van der Waals surface area contributed by atoms with E-state index >= 15 is 0 Å². The Hall–Kier alpha value is -1.71. The summed E-state index contributed by atoms with van der Waals surface area (Å²) in [5, 5.41) is 5.10. The molecule has 0 fully saturated rings. The van der Waals surface area contributed by atoms with Gasteiger partial charge < -0.3 is 25.1 Å². The highest BCUT2D eigenvalue weighted by Crippen LogP contribution is 2.24. The Morgan fingerprint density at radius 3 is 2.80 bits per heavy atom. The Balaban J connectivity index is 2.63. The van der Waals surface area contributed by atoms with E-state index in [1.807, 2.05) is 0 Å². The van der Waals surface area contributed by atoms with Crippen molar-refractivity contribution >= 4 is 46.0 Å². The van der Waals surface area contributed by atoms with E-state index in [4.69, 9.17) is 22.7 Å². The predicted octanol–water partition coefficient (Wildman–Crippen LogP) is 1.04. The zero-order valence-corrected chi connectivity index (χ0v) is 12.6. The number of hydrogen-bond donors (Lipinski definition) is 3. The third-order valence-corrected chi connectivity index (χ3v) is 2.72. The number of ether oxygens (including phenoxy) is 2. The molecule has 1 aromatic carbocycles. The Kier molecular flexibility index (Phi) is 6.36. The van der Waals surface area contributed by atoms with Gasteiger partial charge in [0, 0.05) is 6.07 Å². The number of alkyl carbamates (subject to hydrolysis) is 1. The first-order chi connectivity index (χ1) is 9.42. The van der Waals surface area contributed by atoms with Gasteiger partial charge in [-0.25, -0.2) is 4.79 Å². The first kappa shape index (κ1) is 16.3. The summed E-state index contributed by atoms with van der Waals surface area (Å²) in [5.74, 6) is 0.587. The molecule has 1 aromatic rings. The number of carbonyl (C=O) groups excluding carboxylic acids is 1. The van der Waals surface area contributed by atoms with E-state index < -0.39 is 17.3 Å². The molecule has 0 aliphatic carbocycles. The van der Waals surface area contributed by atoms with Crippen molar-refractivity contribution in [3.05, 3.63) is 18.2 Å². The van der Waals surface area contributed by atoms with Gasteiger partial charge in [0.1, 0.15) is 5.75 Å². The molecule has 0 spiro atoms. The number of hydrogen-bond acceptors (Lipinski definition) is 6. The third kappa shape index (κ3) is 5.51. The molecule has 110 valence electrons. The lowest BCUT2D eigenvalue weighted by molar-refractivity contribution is 0.177. The van der Waals surface area contributed by atoms with E-state index in [-0.39, 0.29) is 11.1 Å². The second kappa shape index (κ2) is 7.78. The van der Waals surface area contributed by atoms with E-state index in [2.05, 4.69) is 15.4 Å². The molecule has 0 aliphatic rings. The standard InChI is InChI=1S/C11H15N3O4S2/c1-17-11(15)14-10(19)13-9-4-3-7(5-8(9)12)18-6-20(2)16/h3-5H,6,12H2,1-2H3,(H2,13,14,15,19). The van der Waals surface area contributed by atoms with E-state index in [0.717, 1.165) is 0 Å². The summed E-state index contributed by atoms with van der Waals surface area (Å²) < 4.78 is 20.6. The topological polar surface area (TPSA) is 109 Å². The third-order valence-electron chi connectivity index (χ3n) is 2.06. The Labute approximate surface area is 125 Å². The highest BCUT2D eigenvalue weighted by molar-refractivity contribution is 7.90. The van der Waals surface area contributed by atoms with Crippen LogP contribution >= 0.6 is 12.2 Å². The van der Waals surface area contributed by atoms with Crippen molar-refractivity contribution in [2.45, 2.75) is 0 Å².